The van der Waals surface area contributed by atoms with Crippen LogP contribution in [0.5, 0.6) is 6.01 Å². The summed E-state index contributed by atoms with van der Waals surface area (Å²) in [4.78, 5) is 14.2. The van der Waals surface area contributed by atoms with Crippen LogP contribution in [0.1, 0.15) is 27.7 Å². The van der Waals surface area contributed by atoms with E-state index in [2.05, 4.69) is 28.8 Å². The van der Waals surface area contributed by atoms with Crippen molar-refractivity contribution in [3.8, 4) is 6.01 Å². The molecule has 1 aromatic heterocycles. The minimum atomic E-state index is 0.0139. The average molecular weight is 239 g/mol. The van der Waals surface area contributed by atoms with Gasteiger partial charge in [0, 0.05) is 13.6 Å². The fourth-order valence-electron chi connectivity index (χ4n) is 1.42. The summed E-state index contributed by atoms with van der Waals surface area (Å²) in [7, 11) is 1.92. The van der Waals surface area contributed by atoms with Crippen molar-refractivity contribution < 1.29 is 4.74 Å². The molecule has 96 valence electrons. The predicted molar refractivity (Wildman–Crippen MR) is 68.1 cm³/mol. The Kier molecular flexibility index (Phi) is 4.48. The molecule has 0 aromatic carbocycles. The van der Waals surface area contributed by atoms with Gasteiger partial charge >= 0.3 is 6.01 Å². The molecule has 1 heterocycles. The summed E-state index contributed by atoms with van der Waals surface area (Å²) in [6.07, 6.45) is 0.0139. The van der Waals surface area contributed by atoms with Crippen LogP contribution < -0.4 is 15.4 Å². The third kappa shape index (κ3) is 4.42. The van der Waals surface area contributed by atoms with Gasteiger partial charge in [-0.25, -0.2) is 0 Å². The van der Waals surface area contributed by atoms with Crippen molar-refractivity contribution in [2.45, 2.75) is 33.8 Å². The van der Waals surface area contributed by atoms with Gasteiger partial charge in [0.25, 0.3) is 0 Å². The first-order valence-corrected chi connectivity index (χ1v) is 5.77. The minimum Gasteiger partial charge on any atom is -0.461 e. The molecule has 0 fully saturated rings. The lowest BCUT2D eigenvalue weighted by molar-refractivity contribution is 0.222. The fourth-order valence-corrected chi connectivity index (χ4v) is 1.42. The summed E-state index contributed by atoms with van der Waals surface area (Å²) < 4.78 is 5.42. The zero-order valence-electron chi connectivity index (χ0n) is 11.1. The van der Waals surface area contributed by atoms with E-state index >= 15 is 0 Å². The molecule has 6 heteroatoms. The normalized spacial score (nSPS) is 11.0. The predicted octanol–water partition coefficient (Wildman–Crippen LogP) is 1.33. The summed E-state index contributed by atoms with van der Waals surface area (Å²) >= 11 is 0. The minimum absolute atomic E-state index is 0.0139. The van der Waals surface area contributed by atoms with Gasteiger partial charge in [-0.3, -0.25) is 0 Å². The molecule has 0 saturated carbocycles. The summed E-state index contributed by atoms with van der Waals surface area (Å²) in [5.74, 6) is 1.25. The van der Waals surface area contributed by atoms with Crippen LogP contribution in [0.25, 0.3) is 0 Å². The zero-order valence-corrected chi connectivity index (χ0v) is 11.1. The van der Waals surface area contributed by atoms with Gasteiger partial charge in [-0.2, -0.15) is 15.0 Å². The molecule has 0 amide bonds. The number of anilines is 2. The Morgan fingerprint density at radius 1 is 1.18 bits per heavy atom. The van der Waals surface area contributed by atoms with E-state index in [1.807, 2.05) is 25.8 Å². The van der Waals surface area contributed by atoms with Gasteiger partial charge in [-0.05, 0) is 19.8 Å². The van der Waals surface area contributed by atoms with Crippen molar-refractivity contribution in [2.24, 2.45) is 5.92 Å². The zero-order chi connectivity index (χ0) is 13.0. The van der Waals surface area contributed by atoms with E-state index in [1.165, 1.54) is 0 Å². The van der Waals surface area contributed by atoms with Crippen molar-refractivity contribution in [1.29, 1.82) is 0 Å². The number of rotatable bonds is 5. The molecule has 0 saturated heterocycles. The van der Waals surface area contributed by atoms with Crippen LogP contribution in [0.2, 0.25) is 0 Å². The molecule has 17 heavy (non-hydrogen) atoms. The van der Waals surface area contributed by atoms with Crippen molar-refractivity contribution in [1.82, 2.24) is 15.0 Å². The average Bonchev–Trinajstić information content (AvgIpc) is 2.14. The van der Waals surface area contributed by atoms with Crippen molar-refractivity contribution in [3.63, 3.8) is 0 Å². The highest BCUT2D eigenvalue weighted by Crippen LogP contribution is 2.14. The van der Waals surface area contributed by atoms with E-state index in [0.29, 0.717) is 11.9 Å². The van der Waals surface area contributed by atoms with Gasteiger partial charge in [-0.15, -0.1) is 0 Å². The van der Waals surface area contributed by atoms with Gasteiger partial charge in [0.1, 0.15) is 0 Å². The number of nitrogens with zero attached hydrogens (tertiary/aromatic N) is 4. The standard InChI is InChI=1S/C11H21N5O/c1-7(2)6-16(5)10-13-9(12)14-11(15-10)17-8(3)4/h7-8H,6H2,1-5H3,(H2,12,13,14,15). The van der Waals surface area contributed by atoms with E-state index < -0.39 is 0 Å². The maximum absolute atomic E-state index is 5.63. The lowest BCUT2D eigenvalue weighted by Gasteiger charge is -2.19. The second-order valence-electron chi connectivity index (χ2n) is 4.72. The lowest BCUT2D eigenvalue weighted by atomic mass is 10.2. The topological polar surface area (TPSA) is 77.2 Å². The molecule has 1 rings (SSSR count). The second-order valence-corrected chi connectivity index (χ2v) is 4.72. The van der Waals surface area contributed by atoms with Gasteiger partial charge in [0.05, 0.1) is 6.10 Å². The largest absolute Gasteiger partial charge is 0.461 e. The van der Waals surface area contributed by atoms with Crippen LogP contribution in [0.4, 0.5) is 11.9 Å². The van der Waals surface area contributed by atoms with Gasteiger partial charge in [0.2, 0.25) is 11.9 Å². The number of aromatic nitrogens is 3. The van der Waals surface area contributed by atoms with Gasteiger partial charge in [-0.1, -0.05) is 13.8 Å². The SMILES string of the molecule is CC(C)CN(C)c1nc(N)nc(OC(C)C)n1. The molecule has 0 bridgehead atoms. The first-order chi connectivity index (χ1) is 7.88. The van der Waals surface area contributed by atoms with E-state index in [1.54, 1.807) is 0 Å². The highest BCUT2D eigenvalue weighted by atomic mass is 16.5. The van der Waals surface area contributed by atoms with Crippen molar-refractivity contribution in [2.75, 3.05) is 24.2 Å². The Hall–Kier alpha value is -1.59. The molecule has 0 aliphatic rings. The quantitative estimate of drug-likeness (QED) is 0.835. The Morgan fingerprint density at radius 3 is 2.35 bits per heavy atom. The summed E-state index contributed by atoms with van der Waals surface area (Å²) in [6.45, 7) is 8.94. The molecule has 0 radical (unpaired) electrons. The Balaban J connectivity index is 2.88. The van der Waals surface area contributed by atoms with Gasteiger partial charge in [0.15, 0.2) is 0 Å². The molecular weight excluding hydrogens is 218 g/mol. The monoisotopic (exact) mass is 239 g/mol. The summed E-state index contributed by atoms with van der Waals surface area (Å²) in [5.41, 5.74) is 5.63. The van der Waals surface area contributed by atoms with Crippen LogP contribution >= 0.6 is 0 Å². The van der Waals surface area contributed by atoms with Crippen LogP contribution in [0.15, 0.2) is 0 Å². The maximum Gasteiger partial charge on any atom is 0.323 e. The molecule has 0 aliphatic carbocycles. The molecule has 0 unspecified atom stereocenters. The number of hydrogen-bond acceptors (Lipinski definition) is 6. The number of hydrogen-bond donors (Lipinski definition) is 1. The van der Waals surface area contributed by atoms with Crippen molar-refractivity contribution >= 4 is 11.9 Å². The molecule has 6 nitrogen and oxygen atoms in total. The second kappa shape index (κ2) is 5.65. The number of ether oxygens (including phenoxy) is 1. The molecule has 0 aliphatic heterocycles. The Morgan fingerprint density at radius 2 is 1.82 bits per heavy atom. The van der Waals surface area contributed by atoms with E-state index in [9.17, 15) is 0 Å². The van der Waals surface area contributed by atoms with Crippen LogP contribution in [-0.4, -0.2) is 34.6 Å². The first kappa shape index (κ1) is 13.5. The smallest absolute Gasteiger partial charge is 0.323 e. The molecule has 0 spiro atoms. The van der Waals surface area contributed by atoms with E-state index in [-0.39, 0.29) is 18.1 Å². The molecule has 0 atom stereocenters. The first-order valence-electron chi connectivity index (χ1n) is 5.77. The van der Waals surface area contributed by atoms with Crippen LogP contribution in [0, 0.1) is 5.92 Å². The summed E-state index contributed by atoms with van der Waals surface area (Å²) in [5, 5.41) is 0. The Labute approximate surface area is 102 Å². The molecule has 1 aromatic rings. The van der Waals surface area contributed by atoms with Gasteiger partial charge < -0.3 is 15.4 Å². The fraction of sp³-hybridized carbons (Fsp3) is 0.727. The molecule has 2 N–H and O–H groups in total. The summed E-state index contributed by atoms with van der Waals surface area (Å²) in [6, 6.07) is 0.276. The van der Waals surface area contributed by atoms with Crippen molar-refractivity contribution in [3.05, 3.63) is 0 Å². The highest BCUT2D eigenvalue weighted by molar-refractivity contribution is 5.34. The van der Waals surface area contributed by atoms with E-state index in [0.717, 1.165) is 6.54 Å². The number of nitrogen functional groups attached to an aromatic ring is 1. The maximum atomic E-state index is 5.63. The lowest BCUT2D eigenvalue weighted by Crippen LogP contribution is -2.25. The third-order valence-electron chi connectivity index (χ3n) is 1.94. The number of nitrogens with two attached hydrogens (primary N) is 1. The molecular formula is C11H21N5O. The Bertz CT molecular complexity index is 367. The highest BCUT2D eigenvalue weighted by Gasteiger charge is 2.11. The van der Waals surface area contributed by atoms with E-state index in [4.69, 9.17) is 10.5 Å². The van der Waals surface area contributed by atoms with Crippen LogP contribution in [-0.2, 0) is 0 Å². The third-order valence-corrected chi connectivity index (χ3v) is 1.94. The van der Waals surface area contributed by atoms with Crippen LogP contribution in [0.3, 0.4) is 0 Å².